The molecule has 3 rings (SSSR count). The van der Waals surface area contributed by atoms with Gasteiger partial charge in [-0.05, 0) is 62.6 Å². The topological polar surface area (TPSA) is 63.0 Å². The highest BCUT2D eigenvalue weighted by Crippen LogP contribution is 2.17. The van der Waals surface area contributed by atoms with E-state index in [1.807, 2.05) is 19.9 Å². The van der Waals surface area contributed by atoms with Crippen LogP contribution in [-0.4, -0.2) is 53.5 Å². The molecular weight excluding hydrogens is 387 g/mol. The van der Waals surface area contributed by atoms with Gasteiger partial charge >= 0.3 is 0 Å². The van der Waals surface area contributed by atoms with Crippen molar-refractivity contribution in [3.05, 3.63) is 59.8 Å². The van der Waals surface area contributed by atoms with Crippen LogP contribution in [0.3, 0.4) is 0 Å². The lowest BCUT2D eigenvalue weighted by molar-refractivity contribution is -0.134. The van der Waals surface area contributed by atoms with E-state index < -0.39 is 5.82 Å². The van der Waals surface area contributed by atoms with E-state index in [9.17, 15) is 14.0 Å². The van der Waals surface area contributed by atoms with Crippen molar-refractivity contribution in [3.8, 4) is 0 Å². The molecule has 7 heteroatoms. The molecule has 0 saturated carbocycles. The molecule has 1 saturated heterocycles. The summed E-state index contributed by atoms with van der Waals surface area (Å²) in [5.74, 6) is -0.175. The van der Waals surface area contributed by atoms with E-state index in [2.05, 4.69) is 0 Å². The summed E-state index contributed by atoms with van der Waals surface area (Å²) in [4.78, 5) is 29.6. The van der Waals surface area contributed by atoms with Crippen LogP contribution in [0, 0.1) is 5.82 Å². The molecule has 2 aromatic rings. The van der Waals surface area contributed by atoms with E-state index in [-0.39, 0.29) is 30.5 Å². The highest BCUT2D eigenvalue weighted by atomic mass is 19.1. The smallest absolute Gasteiger partial charge is 0.254 e. The molecular formula is C23H29FN2O4. The second-order valence-electron chi connectivity index (χ2n) is 7.69. The standard InChI is InChI=1S/C23H29FN2O4/c1-3-17(2)26(23(28)18-8-10-19(24)11-9-18)16-22(27)25(14-20-6-4-12-29-20)15-21-7-5-13-30-21/h4,6,8-12,17,21H,3,5,7,13-16H2,1-2H3/t17-,21+/m0/s1. The SMILES string of the molecule is CC[C@H](C)N(CC(=O)N(Cc1ccco1)C[C@H]1CCCO1)C(=O)c1ccc(F)cc1. The zero-order valence-corrected chi connectivity index (χ0v) is 17.6. The van der Waals surface area contributed by atoms with Gasteiger partial charge in [0.1, 0.15) is 18.1 Å². The van der Waals surface area contributed by atoms with Gasteiger partial charge in [-0.3, -0.25) is 9.59 Å². The summed E-state index contributed by atoms with van der Waals surface area (Å²) in [5, 5.41) is 0. The van der Waals surface area contributed by atoms with E-state index in [0.717, 1.165) is 12.8 Å². The van der Waals surface area contributed by atoms with Crippen LogP contribution in [0.25, 0.3) is 0 Å². The van der Waals surface area contributed by atoms with Gasteiger partial charge in [-0.25, -0.2) is 4.39 Å². The minimum atomic E-state index is -0.404. The summed E-state index contributed by atoms with van der Waals surface area (Å²) in [5.41, 5.74) is 0.362. The lowest BCUT2D eigenvalue weighted by Gasteiger charge is -2.32. The Balaban J connectivity index is 1.76. The maximum atomic E-state index is 13.3. The van der Waals surface area contributed by atoms with E-state index in [0.29, 0.717) is 37.4 Å². The largest absolute Gasteiger partial charge is 0.467 e. The van der Waals surface area contributed by atoms with Crippen LogP contribution < -0.4 is 0 Å². The minimum absolute atomic E-state index is 0.00578. The third kappa shape index (κ3) is 5.69. The Bertz CT molecular complexity index is 816. The van der Waals surface area contributed by atoms with Gasteiger partial charge < -0.3 is 19.0 Å². The molecule has 2 amide bonds. The first kappa shape index (κ1) is 22.0. The van der Waals surface area contributed by atoms with Gasteiger partial charge in [0.15, 0.2) is 0 Å². The summed E-state index contributed by atoms with van der Waals surface area (Å²) < 4.78 is 24.4. The molecule has 0 N–H and O–H groups in total. The van der Waals surface area contributed by atoms with Crippen LogP contribution in [-0.2, 0) is 16.1 Å². The summed E-state index contributed by atoms with van der Waals surface area (Å²) in [7, 11) is 0. The number of amides is 2. The Kier molecular flexibility index (Phi) is 7.63. The molecule has 0 aliphatic carbocycles. The number of benzene rings is 1. The highest BCUT2D eigenvalue weighted by molar-refractivity contribution is 5.96. The van der Waals surface area contributed by atoms with Gasteiger partial charge in [0, 0.05) is 24.8 Å². The average Bonchev–Trinajstić information content (AvgIpc) is 3.45. The average molecular weight is 416 g/mol. The molecule has 1 aromatic carbocycles. The Labute approximate surface area is 176 Å². The van der Waals surface area contributed by atoms with Gasteiger partial charge in [0.25, 0.3) is 5.91 Å². The van der Waals surface area contributed by atoms with Crippen molar-refractivity contribution < 1.29 is 23.1 Å². The summed E-state index contributed by atoms with van der Waals surface area (Å²) in [6.07, 6.45) is 4.16. The van der Waals surface area contributed by atoms with E-state index in [1.54, 1.807) is 22.1 Å². The zero-order chi connectivity index (χ0) is 21.5. The van der Waals surface area contributed by atoms with Gasteiger partial charge in [-0.2, -0.15) is 0 Å². The first-order valence-electron chi connectivity index (χ1n) is 10.5. The van der Waals surface area contributed by atoms with Gasteiger partial charge in [0.2, 0.25) is 5.91 Å². The first-order valence-corrected chi connectivity index (χ1v) is 10.5. The van der Waals surface area contributed by atoms with Crippen LogP contribution in [0.4, 0.5) is 4.39 Å². The lowest BCUT2D eigenvalue weighted by atomic mass is 10.1. The fourth-order valence-electron chi connectivity index (χ4n) is 3.53. The molecule has 162 valence electrons. The summed E-state index contributed by atoms with van der Waals surface area (Å²) in [6, 6.07) is 8.88. The monoisotopic (exact) mass is 416 g/mol. The number of halogens is 1. The molecule has 0 bridgehead atoms. The number of hydrogen-bond donors (Lipinski definition) is 0. The van der Waals surface area contributed by atoms with E-state index in [1.165, 1.54) is 24.3 Å². The quantitative estimate of drug-likeness (QED) is 0.623. The summed E-state index contributed by atoms with van der Waals surface area (Å²) >= 11 is 0. The summed E-state index contributed by atoms with van der Waals surface area (Å²) in [6.45, 7) is 5.30. The van der Waals surface area contributed by atoms with Crippen molar-refractivity contribution in [2.24, 2.45) is 0 Å². The first-order chi connectivity index (χ1) is 14.5. The molecule has 2 atom stereocenters. The van der Waals surface area contributed by atoms with Crippen LogP contribution in [0.2, 0.25) is 0 Å². The Morgan fingerprint density at radius 2 is 2.00 bits per heavy atom. The molecule has 30 heavy (non-hydrogen) atoms. The van der Waals surface area contributed by atoms with Crippen LogP contribution in [0.1, 0.15) is 49.2 Å². The number of hydrogen-bond acceptors (Lipinski definition) is 4. The molecule has 1 aromatic heterocycles. The van der Waals surface area contributed by atoms with Crippen molar-refractivity contribution >= 4 is 11.8 Å². The Morgan fingerprint density at radius 1 is 1.23 bits per heavy atom. The molecule has 6 nitrogen and oxygen atoms in total. The number of rotatable bonds is 9. The Morgan fingerprint density at radius 3 is 2.60 bits per heavy atom. The van der Waals surface area contributed by atoms with Gasteiger partial charge in [-0.1, -0.05) is 6.92 Å². The van der Waals surface area contributed by atoms with Crippen molar-refractivity contribution in [1.82, 2.24) is 9.80 Å². The molecule has 1 aliphatic heterocycles. The zero-order valence-electron chi connectivity index (χ0n) is 17.6. The fourth-order valence-corrected chi connectivity index (χ4v) is 3.53. The van der Waals surface area contributed by atoms with Crippen molar-refractivity contribution in [1.29, 1.82) is 0 Å². The molecule has 0 spiro atoms. The van der Waals surface area contributed by atoms with Crippen LogP contribution >= 0.6 is 0 Å². The number of furan rings is 1. The second-order valence-corrected chi connectivity index (χ2v) is 7.69. The van der Waals surface area contributed by atoms with E-state index in [4.69, 9.17) is 9.15 Å². The maximum absolute atomic E-state index is 13.3. The number of carbonyl (C=O) groups is 2. The second kappa shape index (κ2) is 10.4. The van der Waals surface area contributed by atoms with Gasteiger partial charge in [-0.15, -0.1) is 0 Å². The third-order valence-electron chi connectivity index (χ3n) is 5.51. The van der Waals surface area contributed by atoms with Crippen molar-refractivity contribution in [3.63, 3.8) is 0 Å². The predicted octanol–water partition coefficient (Wildman–Crippen LogP) is 3.87. The maximum Gasteiger partial charge on any atom is 0.254 e. The minimum Gasteiger partial charge on any atom is -0.467 e. The fraction of sp³-hybridized carbons (Fsp3) is 0.478. The van der Waals surface area contributed by atoms with Gasteiger partial charge in [0.05, 0.1) is 18.9 Å². The van der Waals surface area contributed by atoms with Crippen molar-refractivity contribution in [2.75, 3.05) is 19.7 Å². The lowest BCUT2D eigenvalue weighted by Crippen LogP contribution is -2.47. The molecule has 1 fully saturated rings. The molecule has 2 heterocycles. The number of nitrogens with zero attached hydrogens (tertiary/aromatic N) is 2. The molecule has 1 aliphatic rings. The van der Waals surface area contributed by atoms with Crippen LogP contribution in [0.15, 0.2) is 47.1 Å². The third-order valence-corrected chi connectivity index (χ3v) is 5.51. The molecule has 0 unspecified atom stereocenters. The number of ether oxygens (including phenoxy) is 1. The highest BCUT2D eigenvalue weighted by Gasteiger charge is 2.28. The predicted molar refractivity (Wildman–Crippen MR) is 110 cm³/mol. The molecule has 0 radical (unpaired) electrons. The van der Waals surface area contributed by atoms with Crippen LogP contribution in [0.5, 0.6) is 0 Å². The van der Waals surface area contributed by atoms with Crippen molar-refractivity contribution in [2.45, 2.75) is 51.8 Å². The Hall–Kier alpha value is -2.67. The number of carbonyl (C=O) groups excluding carboxylic acids is 2. The van der Waals surface area contributed by atoms with E-state index >= 15 is 0 Å². The normalized spacial score (nSPS) is 17.0.